The summed E-state index contributed by atoms with van der Waals surface area (Å²) in [6.45, 7) is 7.23. The van der Waals surface area contributed by atoms with Gasteiger partial charge in [0.25, 0.3) is 0 Å². The van der Waals surface area contributed by atoms with Crippen molar-refractivity contribution in [2.45, 2.75) is 52.9 Å². The van der Waals surface area contributed by atoms with Crippen molar-refractivity contribution in [2.24, 2.45) is 23.2 Å². The number of hydrogen-bond donors (Lipinski definition) is 0. The second-order valence-electron chi connectivity index (χ2n) is 6.25. The number of carbonyl (C=O) groups excluding carboxylic acids is 1. The molecule has 0 aromatic rings. The summed E-state index contributed by atoms with van der Waals surface area (Å²) in [5.74, 6) is 2.32. The molecule has 0 spiro atoms. The molecule has 2 aliphatic rings. The Kier molecular flexibility index (Phi) is 3.23. The Bertz CT molecular complexity index is 305. The summed E-state index contributed by atoms with van der Waals surface area (Å²) in [7, 11) is 0. The zero-order valence-corrected chi connectivity index (χ0v) is 10.8. The molecule has 1 heteroatoms. The number of rotatable bonds is 2. The number of allylic oxidation sites excluding steroid dienone is 2. The van der Waals surface area contributed by atoms with E-state index in [0.717, 1.165) is 24.5 Å². The molecule has 0 N–H and O–H groups in total. The Morgan fingerprint density at radius 2 is 2.19 bits per heavy atom. The van der Waals surface area contributed by atoms with Gasteiger partial charge < -0.3 is 4.79 Å². The number of hydrogen-bond acceptors (Lipinski definition) is 1. The predicted molar refractivity (Wildman–Crippen MR) is 67.2 cm³/mol. The van der Waals surface area contributed by atoms with Crippen LogP contribution in [0.5, 0.6) is 0 Å². The first-order valence-electron chi connectivity index (χ1n) is 6.70. The zero-order chi connectivity index (χ0) is 11.8. The predicted octanol–water partition coefficient (Wildman–Crippen LogP) is 3.98. The fraction of sp³-hybridized carbons (Fsp3) is 0.800. The van der Waals surface area contributed by atoms with Crippen LogP contribution in [0.3, 0.4) is 0 Å². The highest BCUT2D eigenvalue weighted by Crippen LogP contribution is 2.53. The molecule has 0 heterocycles. The first kappa shape index (κ1) is 11.9. The lowest BCUT2D eigenvalue weighted by Crippen LogP contribution is -2.40. The molecular formula is C15H24O. The molecule has 1 nitrogen and oxygen atoms in total. The van der Waals surface area contributed by atoms with Gasteiger partial charge in [-0.2, -0.15) is 0 Å². The molecule has 4 atom stereocenters. The van der Waals surface area contributed by atoms with Crippen LogP contribution in [0.15, 0.2) is 11.6 Å². The maximum absolute atomic E-state index is 10.6. The van der Waals surface area contributed by atoms with E-state index in [-0.39, 0.29) is 0 Å². The normalized spacial score (nSPS) is 43.4. The van der Waals surface area contributed by atoms with Gasteiger partial charge in [0.2, 0.25) is 0 Å². The number of aldehydes is 1. The van der Waals surface area contributed by atoms with E-state index in [1.807, 2.05) is 0 Å². The van der Waals surface area contributed by atoms with Crippen molar-refractivity contribution in [3.63, 3.8) is 0 Å². The first-order chi connectivity index (χ1) is 7.57. The lowest BCUT2D eigenvalue weighted by Gasteiger charge is -2.49. The Morgan fingerprint density at radius 1 is 1.44 bits per heavy atom. The summed E-state index contributed by atoms with van der Waals surface area (Å²) in [6.07, 6.45) is 9.34. The standard InChI is InChI=1S/C15H24O/c1-11-4-7-15(3)8-5-13(6-9-16)10-14(15)12(11)2/h9-12,14H,4-8H2,1-3H3. The van der Waals surface area contributed by atoms with Gasteiger partial charge in [0.1, 0.15) is 6.29 Å². The molecular weight excluding hydrogens is 196 g/mol. The lowest BCUT2D eigenvalue weighted by atomic mass is 9.55. The summed E-state index contributed by atoms with van der Waals surface area (Å²) in [5.41, 5.74) is 1.90. The zero-order valence-electron chi connectivity index (χ0n) is 10.8. The summed E-state index contributed by atoms with van der Waals surface area (Å²) in [4.78, 5) is 10.6. The molecule has 0 aromatic carbocycles. The van der Waals surface area contributed by atoms with Gasteiger partial charge in [-0.15, -0.1) is 0 Å². The molecule has 0 amide bonds. The van der Waals surface area contributed by atoms with Crippen LogP contribution in [-0.4, -0.2) is 6.29 Å². The summed E-state index contributed by atoms with van der Waals surface area (Å²) < 4.78 is 0. The highest BCUT2D eigenvalue weighted by Gasteiger charge is 2.43. The molecule has 1 fully saturated rings. The first-order valence-corrected chi connectivity index (χ1v) is 6.70. The van der Waals surface area contributed by atoms with E-state index in [1.165, 1.54) is 24.8 Å². The maximum Gasteiger partial charge on any atom is 0.124 e. The molecule has 0 bridgehead atoms. The van der Waals surface area contributed by atoms with Gasteiger partial charge in [0, 0.05) is 6.42 Å². The molecule has 90 valence electrons. The van der Waals surface area contributed by atoms with E-state index in [2.05, 4.69) is 26.8 Å². The average molecular weight is 220 g/mol. The largest absolute Gasteiger partial charge is 0.303 e. The maximum atomic E-state index is 10.6. The third-order valence-electron chi connectivity index (χ3n) is 5.22. The summed E-state index contributed by atoms with van der Waals surface area (Å²) in [5, 5.41) is 0. The number of fused-ring (bicyclic) bond motifs is 1. The Balaban J connectivity index is 2.23. The quantitative estimate of drug-likeness (QED) is 0.508. The SMILES string of the molecule is CC1CCC2(C)CCC(CC=O)=CC2C1C. The highest BCUT2D eigenvalue weighted by molar-refractivity contribution is 5.54. The van der Waals surface area contributed by atoms with Gasteiger partial charge in [-0.1, -0.05) is 32.4 Å². The number of carbonyl (C=O) groups is 1. The van der Waals surface area contributed by atoms with Crippen molar-refractivity contribution in [2.75, 3.05) is 0 Å². The minimum absolute atomic E-state index is 0.512. The summed E-state index contributed by atoms with van der Waals surface area (Å²) in [6, 6.07) is 0. The molecule has 1 saturated carbocycles. The fourth-order valence-electron chi connectivity index (χ4n) is 3.68. The average Bonchev–Trinajstić information content (AvgIpc) is 2.27. The van der Waals surface area contributed by atoms with Crippen molar-refractivity contribution in [1.82, 2.24) is 0 Å². The van der Waals surface area contributed by atoms with Crippen LogP contribution < -0.4 is 0 Å². The molecule has 2 rings (SSSR count). The molecule has 16 heavy (non-hydrogen) atoms. The topological polar surface area (TPSA) is 17.1 Å². The second kappa shape index (κ2) is 4.35. The van der Waals surface area contributed by atoms with Gasteiger partial charge in [-0.3, -0.25) is 0 Å². The Labute approximate surface area is 99.3 Å². The van der Waals surface area contributed by atoms with E-state index < -0.39 is 0 Å². The van der Waals surface area contributed by atoms with Crippen molar-refractivity contribution < 1.29 is 4.79 Å². The minimum atomic E-state index is 0.512. The van der Waals surface area contributed by atoms with Gasteiger partial charge in [-0.05, 0) is 48.9 Å². The van der Waals surface area contributed by atoms with Crippen LogP contribution in [0.2, 0.25) is 0 Å². The monoisotopic (exact) mass is 220 g/mol. The van der Waals surface area contributed by atoms with Crippen LogP contribution in [0, 0.1) is 23.2 Å². The van der Waals surface area contributed by atoms with Crippen LogP contribution in [0.25, 0.3) is 0 Å². The molecule has 4 unspecified atom stereocenters. The second-order valence-corrected chi connectivity index (χ2v) is 6.25. The van der Waals surface area contributed by atoms with Gasteiger partial charge in [0.05, 0.1) is 0 Å². The van der Waals surface area contributed by atoms with Gasteiger partial charge >= 0.3 is 0 Å². The van der Waals surface area contributed by atoms with Crippen LogP contribution >= 0.6 is 0 Å². The van der Waals surface area contributed by atoms with Crippen molar-refractivity contribution >= 4 is 6.29 Å². The third-order valence-corrected chi connectivity index (χ3v) is 5.22. The van der Waals surface area contributed by atoms with Crippen LogP contribution in [0.4, 0.5) is 0 Å². The third kappa shape index (κ3) is 1.97. The molecule has 2 aliphatic carbocycles. The molecule has 0 saturated heterocycles. The fourth-order valence-corrected chi connectivity index (χ4v) is 3.68. The molecule has 0 radical (unpaired) electrons. The van der Waals surface area contributed by atoms with Gasteiger partial charge in [0.15, 0.2) is 0 Å². The summed E-state index contributed by atoms with van der Waals surface area (Å²) >= 11 is 0. The van der Waals surface area contributed by atoms with E-state index in [0.29, 0.717) is 17.8 Å². The van der Waals surface area contributed by atoms with Crippen LogP contribution in [0.1, 0.15) is 52.9 Å². The van der Waals surface area contributed by atoms with E-state index in [1.54, 1.807) is 0 Å². The van der Waals surface area contributed by atoms with Crippen molar-refractivity contribution in [3.8, 4) is 0 Å². The van der Waals surface area contributed by atoms with Crippen molar-refractivity contribution in [3.05, 3.63) is 11.6 Å². The van der Waals surface area contributed by atoms with E-state index in [4.69, 9.17) is 0 Å². The lowest BCUT2D eigenvalue weighted by molar-refractivity contribution is -0.107. The van der Waals surface area contributed by atoms with Crippen LogP contribution in [-0.2, 0) is 4.79 Å². The Hall–Kier alpha value is -0.590. The van der Waals surface area contributed by atoms with Gasteiger partial charge in [-0.25, -0.2) is 0 Å². The molecule has 0 aromatic heterocycles. The Morgan fingerprint density at radius 3 is 2.88 bits per heavy atom. The smallest absolute Gasteiger partial charge is 0.124 e. The van der Waals surface area contributed by atoms with E-state index >= 15 is 0 Å². The minimum Gasteiger partial charge on any atom is -0.303 e. The molecule has 0 aliphatic heterocycles. The highest BCUT2D eigenvalue weighted by atomic mass is 16.1. The van der Waals surface area contributed by atoms with E-state index in [9.17, 15) is 4.79 Å². The van der Waals surface area contributed by atoms with Crippen molar-refractivity contribution in [1.29, 1.82) is 0 Å².